The van der Waals surface area contributed by atoms with Crippen LogP contribution in [0.4, 0.5) is 0 Å². The van der Waals surface area contributed by atoms with Crippen LogP contribution in [0.5, 0.6) is 0 Å². The average molecular weight is 1860 g/mol. The molecular weight excluding hydrogens is 1770 g/mol. The van der Waals surface area contributed by atoms with E-state index < -0.39 is 50.1 Å². The summed E-state index contributed by atoms with van der Waals surface area (Å²) in [6.45, 7) is 13.4. The van der Waals surface area contributed by atoms with Gasteiger partial charge in [-0.05, 0) is 160 Å². The fourth-order valence-electron chi connectivity index (χ4n) is 12.1. The van der Waals surface area contributed by atoms with Crippen molar-refractivity contribution in [3.05, 3.63) is 475 Å². The molecule has 12 aromatic carbocycles. The van der Waals surface area contributed by atoms with E-state index in [-0.39, 0.29) is 39.2 Å². The van der Waals surface area contributed by atoms with E-state index in [1.54, 1.807) is 34.0 Å². The second kappa shape index (κ2) is 49.7. The van der Waals surface area contributed by atoms with Gasteiger partial charge in [0, 0.05) is 33.7 Å². The van der Waals surface area contributed by atoms with Crippen molar-refractivity contribution in [3.63, 3.8) is 0 Å². The molecule has 0 radical (unpaired) electrons. The van der Waals surface area contributed by atoms with Crippen LogP contribution in [0.15, 0.2) is 450 Å². The third-order valence-electron chi connectivity index (χ3n) is 17.3. The van der Waals surface area contributed by atoms with Gasteiger partial charge in [0.2, 0.25) is 0 Å². The standard InChI is InChI=1S/4C18H15P.C13H9N3O.C8H3BrN2O.C5H6N.CH4.3CH3.Pd.Sn/c4*1-4-10-16(11-5-1)19(17-12-6-2-7-13-17)18-14-8-3-9-15-18;1-15-10(9-14)8-11-5-6-13(17-11)12-4-3-7-16(12)2;1-11-6(5-10)4-7-2-3-8(9)12-7;1-6-4-2-3-5-6;;;;;;/h4*1-15H;3-8H,2H3;2-4H;2-4H,1H3;1H4;3*1H3;;/b;;;;10-8-;6-4-;;;;;;;. The quantitative estimate of drug-likeness (QED) is 0.0417. The molecule has 0 aliphatic rings. The van der Waals surface area contributed by atoms with Crippen LogP contribution in [-0.4, -0.2) is 27.5 Å². The summed E-state index contributed by atoms with van der Waals surface area (Å²) in [5, 5.41) is 33.8. The fourth-order valence-corrected chi connectivity index (χ4v) is 26.6. The average Bonchev–Trinajstić information content (AvgIpc) is 1.83. The molecule has 15 heteroatoms. The fraction of sp³-hybridized carbons (Fsp3) is 0.0588. The van der Waals surface area contributed by atoms with Gasteiger partial charge >= 0.3 is 66.9 Å². The van der Waals surface area contributed by atoms with Crippen LogP contribution in [0.25, 0.3) is 33.3 Å². The van der Waals surface area contributed by atoms with E-state index in [4.69, 9.17) is 32.5 Å². The maximum absolute atomic E-state index is 8.64. The molecule has 8 nitrogen and oxygen atoms in total. The van der Waals surface area contributed by atoms with Gasteiger partial charge in [-0.3, -0.25) is 0 Å². The summed E-state index contributed by atoms with van der Waals surface area (Å²) in [5.74, 6) is 1.72. The summed E-state index contributed by atoms with van der Waals surface area (Å²) in [4.78, 5) is 13.4. The van der Waals surface area contributed by atoms with Crippen LogP contribution in [0.3, 0.4) is 0 Å². The molecule has 117 heavy (non-hydrogen) atoms. The normalized spacial score (nSPS) is 10.5. The first-order chi connectivity index (χ1) is 56.3. The van der Waals surface area contributed by atoms with Gasteiger partial charge < -0.3 is 13.4 Å². The van der Waals surface area contributed by atoms with Gasteiger partial charge in [0.1, 0.15) is 11.5 Å². The van der Waals surface area contributed by atoms with Crippen LogP contribution in [0, 0.1) is 35.8 Å². The van der Waals surface area contributed by atoms with Gasteiger partial charge in [-0.1, -0.05) is 371 Å². The molecule has 0 spiro atoms. The smallest absolute Gasteiger partial charge is 0.265 e. The monoisotopic (exact) mass is 1860 g/mol. The molecular formula is C102H91BrN6O2P4PdSn. The molecule has 0 aliphatic heterocycles. The Hall–Kier alpha value is -11.1. The SMILES string of the molecule is C.Cn1ccc[c]1[Sn]([CH3])([CH3])[CH3].[C-]#[N+]/C(C#N)=C\c1ccc(-c2cccn2C)o1.[C-]#[N+]/C(C#N)=C\c1ccc(Br)o1.[Pd].c1ccc(P(c2ccccc2)c2ccccc2)cc1.c1ccc(P(c2ccccc2)c2ccccc2)cc1.c1ccc(P(c2ccccc2)c2ccccc2)cc1.c1ccc(P(c2ccccc2)c2ccccc2)cc1. The van der Waals surface area contributed by atoms with Crippen molar-refractivity contribution in [1.29, 1.82) is 10.5 Å². The second-order valence-electron chi connectivity index (χ2n) is 26.5. The Morgan fingerprint density at radius 3 is 0.718 bits per heavy atom. The number of allylic oxidation sites excluding steroid dienone is 2. The topological polar surface area (TPSA) is 92.4 Å². The number of halogens is 1. The van der Waals surface area contributed by atoms with Crippen molar-refractivity contribution in [1.82, 2.24) is 9.13 Å². The Morgan fingerprint density at radius 1 is 0.325 bits per heavy atom. The first-order valence-electron chi connectivity index (χ1n) is 37.2. The number of hydrogen-bond donors (Lipinski definition) is 0. The number of benzene rings is 12. The second-order valence-corrected chi connectivity index (χ2v) is 50.4. The number of furan rings is 2. The van der Waals surface area contributed by atoms with E-state index in [2.05, 4.69) is 434 Å². The van der Waals surface area contributed by atoms with Crippen LogP contribution in [-0.2, 0) is 34.5 Å². The maximum Gasteiger partial charge on any atom is 0.265 e. The molecule has 16 aromatic rings. The van der Waals surface area contributed by atoms with E-state index >= 15 is 0 Å². The van der Waals surface area contributed by atoms with Crippen LogP contribution >= 0.6 is 47.6 Å². The first kappa shape index (κ1) is 91.4. The molecule has 0 saturated carbocycles. The Bertz CT molecular complexity index is 4860. The Kier molecular flexibility index (Phi) is 38.8. The van der Waals surface area contributed by atoms with Gasteiger partial charge in [-0.25, -0.2) is 20.2 Å². The molecule has 0 aliphatic carbocycles. The molecule has 0 bridgehead atoms. The van der Waals surface area contributed by atoms with Crippen molar-refractivity contribution < 1.29 is 29.3 Å². The third kappa shape index (κ3) is 28.6. The molecule has 4 aromatic heterocycles. The molecule has 0 amide bonds. The summed E-state index contributed by atoms with van der Waals surface area (Å²) in [7, 11) is 2.28. The molecule has 16 rings (SSSR count). The minimum atomic E-state index is -1.75. The molecule has 0 unspecified atom stereocenters. The summed E-state index contributed by atoms with van der Waals surface area (Å²) in [6.07, 6.45) is 6.88. The number of aryl methyl sites for hydroxylation is 2. The zero-order valence-corrected chi connectivity index (χ0v) is 74.6. The van der Waals surface area contributed by atoms with E-state index in [0.29, 0.717) is 22.0 Å². The predicted octanol–water partition coefficient (Wildman–Crippen LogP) is 21.9. The van der Waals surface area contributed by atoms with Gasteiger partial charge in [0.05, 0.1) is 31.0 Å². The van der Waals surface area contributed by atoms with Crippen LogP contribution < -0.4 is 67.4 Å². The number of aromatic nitrogens is 2. The predicted molar refractivity (Wildman–Crippen MR) is 506 cm³/mol. The van der Waals surface area contributed by atoms with Gasteiger partial charge in [-0.15, -0.1) is 0 Å². The van der Waals surface area contributed by atoms with Crippen molar-refractivity contribution in [2.75, 3.05) is 0 Å². The molecule has 0 N–H and O–H groups in total. The van der Waals surface area contributed by atoms with Crippen molar-refractivity contribution >= 4 is 146 Å². The minimum Gasteiger partial charge on any atom is -0.456 e. The van der Waals surface area contributed by atoms with Crippen LogP contribution in [0.2, 0.25) is 14.8 Å². The number of rotatable bonds is 16. The Labute approximate surface area is 723 Å². The largest absolute Gasteiger partial charge is 0.456 e. The van der Waals surface area contributed by atoms with Crippen molar-refractivity contribution in [3.8, 4) is 23.6 Å². The Balaban J connectivity index is 0.000000172. The third-order valence-corrected chi connectivity index (χ3v) is 33.4. The zero-order valence-electron chi connectivity index (χ0n) is 65.1. The van der Waals surface area contributed by atoms with Gasteiger partial charge in [-0.2, -0.15) is 0 Å². The van der Waals surface area contributed by atoms with Crippen molar-refractivity contribution in [2.24, 2.45) is 14.1 Å². The molecule has 0 fully saturated rings. The maximum atomic E-state index is 8.64. The number of nitrogens with zero attached hydrogens (tertiary/aromatic N) is 6. The van der Waals surface area contributed by atoms with E-state index in [1.165, 1.54) is 75.8 Å². The summed E-state index contributed by atoms with van der Waals surface area (Å²) in [6, 6.07) is 148. The van der Waals surface area contributed by atoms with E-state index in [9.17, 15) is 0 Å². The molecule has 0 saturated heterocycles. The summed E-state index contributed by atoms with van der Waals surface area (Å²) in [5.41, 5.74) is 0.973. The first-order valence-corrected chi connectivity index (χ1v) is 53.4. The van der Waals surface area contributed by atoms with Gasteiger partial charge in [0.15, 0.2) is 10.4 Å². The van der Waals surface area contributed by atoms with E-state index in [1.807, 2.05) is 36.0 Å². The number of hydrogen-bond acceptors (Lipinski definition) is 4. The molecule has 0 atom stereocenters. The molecule has 582 valence electrons. The van der Waals surface area contributed by atoms with Crippen molar-refractivity contribution in [2.45, 2.75) is 22.2 Å². The summed E-state index contributed by atoms with van der Waals surface area (Å²) >= 11 is 1.36. The van der Waals surface area contributed by atoms with Gasteiger partial charge in [0.25, 0.3) is 11.4 Å². The Morgan fingerprint density at radius 2 is 0.547 bits per heavy atom. The zero-order chi connectivity index (χ0) is 80.7. The number of nitriles is 2. The minimum absolute atomic E-state index is 0. The van der Waals surface area contributed by atoms with Crippen LogP contribution in [0.1, 0.15) is 18.9 Å². The van der Waals surface area contributed by atoms with E-state index in [0.717, 1.165) is 5.69 Å². The summed E-state index contributed by atoms with van der Waals surface area (Å²) < 4.78 is 17.0. The molecule has 4 heterocycles.